The Labute approximate surface area is 816 Å². The van der Waals surface area contributed by atoms with E-state index in [1.807, 2.05) is 55.4 Å². The topological polar surface area (TPSA) is 64.5 Å². The fraction of sp³-hybridized carbons (Fsp3) is 0. The van der Waals surface area contributed by atoms with E-state index in [0.29, 0.717) is 0 Å². The van der Waals surface area contributed by atoms with Crippen molar-refractivity contribution in [3.8, 4) is 156 Å². The molecule has 0 N–H and O–H groups in total. The molecule has 8 aliphatic rings. The molecule has 12 heteroatoms. The Hall–Kier alpha value is -18.0. The summed E-state index contributed by atoms with van der Waals surface area (Å²) in [5.41, 5.74) is 55.4. The first-order valence-corrected chi connectivity index (χ1v) is 48.2. The highest BCUT2D eigenvalue weighted by Gasteiger charge is 2.48. The van der Waals surface area contributed by atoms with E-state index in [1.54, 1.807) is 0 Å². The standard InChI is InChI=1S/C41H27BN2.3C29H19BN2/c1-3-11-28(12-4-1)30-19-22-40-35(25-30)33-15-7-8-16-37(33)42-38-27-32(39-17-9-10-24-43-39)18-21-34(38)36-26-31(20-23-41(36)44(40)42)29-13-5-2-6-14-29;1-4-12-25-21(9-1)23-10-2-5-14-28(23)32-29-15-6-3-11-24(29)22-17-16-20(19-26(22)30(25)32)27-13-7-8-18-31-27;1-4-12-26-22(9-1)24-10-2-5-13-28(24)32-29-14-6-3-11-25(29)23-16-15-20(18-27(23)30(26)32)21-8-7-17-31-19-21;1-4-10-26-22(7-1)24-8-2-5-11-28(24)32-29-12-6-3-9-25(29)23-14-13-21(19-27(23)30(26)32)20-15-17-31-18-16-20/h1-27H;3*1-19H. The molecule has 8 nitrogen and oxygen atoms in total. The smallest absolute Gasteiger partial charge is 0.329 e. The number of fused-ring (bicyclic) bond motifs is 44. The minimum atomic E-state index is 0.0370. The first-order chi connectivity index (χ1) is 69.5. The van der Waals surface area contributed by atoms with Gasteiger partial charge in [-0.15, -0.1) is 0 Å². The Morgan fingerprint density at radius 1 is 0.136 bits per heavy atom. The second kappa shape index (κ2) is 34.1. The van der Waals surface area contributed by atoms with Crippen LogP contribution in [-0.2, 0) is 0 Å². The highest BCUT2D eigenvalue weighted by Crippen LogP contribution is 2.53. The van der Waals surface area contributed by atoms with Gasteiger partial charge in [0, 0.05) is 127 Å². The fourth-order valence-electron chi connectivity index (χ4n) is 23.3. The minimum absolute atomic E-state index is 0.0370. The molecule has 8 aliphatic heterocycles. The van der Waals surface area contributed by atoms with E-state index in [4.69, 9.17) is 4.98 Å². The first-order valence-electron chi connectivity index (χ1n) is 48.2. The summed E-state index contributed by atoms with van der Waals surface area (Å²) >= 11 is 0. The van der Waals surface area contributed by atoms with Gasteiger partial charge in [-0.3, -0.25) is 19.9 Å². The van der Waals surface area contributed by atoms with E-state index in [1.165, 1.54) is 217 Å². The molecule has 0 amide bonds. The molecule has 0 saturated heterocycles. The summed E-state index contributed by atoms with van der Waals surface area (Å²) in [6.45, 7) is 0.417. The molecule has 30 rings (SSSR count). The van der Waals surface area contributed by atoms with Crippen molar-refractivity contribution < 1.29 is 0 Å². The third-order valence-corrected chi connectivity index (χ3v) is 29.4. The monoisotopic (exact) mass is 1780 g/mol. The largest absolute Gasteiger partial charge is 0.376 e. The van der Waals surface area contributed by atoms with E-state index in [2.05, 4.69) is 489 Å². The lowest BCUT2D eigenvalue weighted by Gasteiger charge is -2.43. The van der Waals surface area contributed by atoms with Crippen LogP contribution in [0.3, 0.4) is 0 Å². The van der Waals surface area contributed by atoms with Crippen molar-refractivity contribution in [2.24, 2.45) is 0 Å². The van der Waals surface area contributed by atoms with E-state index in [-0.39, 0.29) is 27.4 Å². The van der Waals surface area contributed by atoms with Gasteiger partial charge in [0.15, 0.2) is 0 Å². The van der Waals surface area contributed by atoms with Gasteiger partial charge in [-0.2, -0.15) is 0 Å². The summed E-state index contributed by atoms with van der Waals surface area (Å²) in [5, 5.41) is 0. The Kier molecular flexibility index (Phi) is 19.9. The van der Waals surface area contributed by atoms with Gasteiger partial charge in [0.25, 0.3) is 0 Å². The maximum atomic E-state index is 4.71. The maximum absolute atomic E-state index is 4.71. The summed E-state index contributed by atoms with van der Waals surface area (Å²) < 4.78 is 0. The summed E-state index contributed by atoms with van der Waals surface area (Å²) in [4.78, 5) is 28.0. The molecule has 18 aromatic carbocycles. The molecular weight excluding hydrogens is 1690 g/mol. The average Bonchev–Trinajstić information content (AvgIpc) is 0.744. The minimum Gasteiger partial charge on any atom is -0.376 e. The highest BCUT2D eigenvalue weighted by molar-refractivity contribution is 6.95. The Morgan fingerprint density at radius 3 is 0.721 bits per heavy atom. The maximum Gasteiger partial charge on any atom is 0.329 e. The summed E-state index contributed by atoms with van der Waals surface area (Å²) in [6, 6.07) is 172. The number of aromatic nitrogens is 4. The zero-order valence-electron chi connectivity index (χ0n) is 76.4. The van der Waals surface area contributed by atoms with Crippen molar-refractivity contribution in [2.45, 2.75) is 0 Å². The van der Waals surface area contributed by atoms with Crippen LogP contribution in [0.25, 0.3) is 156 Å². The number of hydrogen-bond donors (Lipinski definition) is 0. The predicted octanol–water partition coefficient (Wildman–Crippen LogP) is 25.9. The quantitative estimate of drug-likeness (QED) is 0.153. The molecule has 0 atom stereocenters. The lowest BCUT2D eigenvalue weighted by molar-refractivity contribution is 1.32. The van der Waals surface area contributed by atoms with Gasteiger partial charge in [0.05, 0.1) is 11.4 Å². The van der Waals surface area contributed by atoms with Crippen LogP contribution in [0.15, 0.2) is 510 Å². The van der Waals surface area contributed by atoms with Crippen LogP contribution in [-0.4, -0.2) is 47.3 Å². The van der Waals surface area contributed by atoms with E-state index < -0.39 is 0 Å². The van der Waals surface area contributed by atoms with Crippen molar-refractivity contribution >= 4 is 117 Å². The molecule has 0 radical (unpaired) electrons. The predicted molar refractivity (Wildman–Crippen MR) is 587 cm³/mol. The van der Waals surface area contributed by atoms with Crippen LogP contribution in [0.4, 0.5) is 45.5 Å². The second-order valence-electron chi connectivity index (χ2n) is 36.9. The lowest BCUT2D eigenvalue weighted by Crippen LogP contribution is -2.59. The van der Waals surface area contributed by atoms with Gasteiger partial charge in [0.2, 0.25) is 0 Å². The van der Waals surface area contributed by atoms with Crippen molar-refractivity contribution in [2.75, 3.05) is 19.2 Å². The lowest BCUT2D eigenvalue weighted by atomic mass is 9.43. The number of nitrogens with zero attached hydrogens (tertiary/aromatic N) is 8. The van der Waals surface area contributed by atoms with Gasteiger partial charge in [-0.1, -0.05) is 370 Å². The summed E-state index contributed by atoms with van der Waals surface area (Å²) in [5.74, 6) is 0. The van der Waals surface area contributed by atoms with Crippen LogP contribution in [0, 0.1) is 0 Å². The third-order valence-electron chi connectivity index (χ3n) is 29.4. The van der Waals surface area contributed by atoms with Gasteiger partial charge in [-0.05, 0) is 247 Å². The number of pyridine rings is 4. The molecule has 0 unspecified atom stereocenters. The van der Waals surface area contributed by atoms with Crippen LogP contribution in [0.2, 0.25) is 0 Å². The SMILES string of the molecule is c1ccc(-c2ccc3c(c2)-c2ccccc2B2c4cc(-c5ccccn5)ccc4-c4cc(-c5ccccc5)ccc4N23)cc1.c1ccc(-c2ccc3c(c2)B2c4ccccc4-c4ccccc4N2c2ccccc2-3)nc1.c1ccc2c(c1)B1c3cc(-c4ccncc4)ccc3-c3ccccc3N1c1ccccc1-2.c1cncc(-c2ccc3c(c2)B2c4ccccc4-c4ccccc4N2c2ccccc2-3)c1. The third kappa shape index (κ3) is 13.6. The van der Waals surface area contributed by atoms with Gasteiger partial charge in [-0.25, -0.2) is 0 Å². The molecule has 22 aromatic rings. The van der Waals surface area contributed by atoms with Gasteiger partial charge >= 0.3 is 27.4 Å². The van der Waals surface area contributed by atoms with Crippen molar-refractivity contribution in [1.82, 2.24) is 19.9 Å². The number of para-hydroxylation sites is 6. The summed E-state index contributed by atoms with van der Waals surface area (Å²) in [7, 11) is 0. The molecule has 0 spiro atoms. The zero-order chi connectivity index (χ0) is 92.2. The van der Waals surface area contributed by atoms with E-state index in [0.717, 1.165) is 28.1 Å². The molecule has 0 bridgehead atoms. The molecule has 0 aliphatic carbocycles. The molecule has 648 valence electrons. The molecule has 4 aromatic heterocycles. The normalized spacial score (nSPS) is 12.7. The number of hydrogen-bond acceptors (Lipinski definition) is 8. The Bertz CT molecular complexity index is 8100. The van der Waals surface area contributed by atoms with Crippen molar-refractivity contribution in [3.63, 3.8) is 0 Å². The number of benzene rings is 18. The van der Waals surface area contributed by atoms with Gasteiger partial charge in [0.1, 0.15) is 0 Å². The Balaban J connectivity index is 0.0000000947. The van der Waals surface area contributed by atoms with E-state index >= 15 is 0 Å². The number of rotatable bonds is 6. The van der Waals surface area contributed by atoms with Crippen LogP contribution < -0.4 is 62.9 Å². The molecule has 0 fully saturated rings. The molecule has 12 heterocycles. The zero-order valence-corrected chi connectivity index (χ0v) is 76.4. The summed E-state index contributed by atoms with van der Waals surface area (Å²) in [6.07, 6.45) is 11.2. The van der Waals surface area contributed by atoms with Crippen LogP contribution in [0.5, 0.6) is 0 Å². The molecule has 140 heavy (non-hydrogen) atoms. The highest BCUT2D eigenvalue weighted by atomic mass is 15.1. The van der Waals surface area contributed by atoms with Crippen LogP contribution in [0.1, 0.15) is 0 Å². The fourth-order valence-corrected chi connectivity index (χ4v) is 23.3. The molecular formula is C128H84B4N8. The second-order valence-corrected chi connectivity index (χ2v) is 36.9. The van der Waals surface area contributed by atoms with Gasteiger partial charge < -0.3 is 19.2 Å². The van der Waals surface area contributed by atoms with Crippen molar-refractivity contribution in [3.05, 3.63) is 510 Å². The van der Waals surface area contributed by atoms with Crippen molar-refractivity contribution in [1.29, 1.82) is 0 Å². The first kappa shape index (κ1) is 81.6. The molecule has 0 saturated carbocycles. The Morgan fingerprint density at radius 2 is 0.386 bits per heavy atom. The van der Waals surface area contributed by atoms with Crippen LogP contribution >= 0.6 is 0 Å². The average molecular weight is 1780 g/mol. The van der Waals surface area contributed by atoms with E-state index in [9.17, 15) is 0 Å². The number of anilines is 8.